The Morgan fingerprint density at radius 3 is 2.79 bits per heavy atom. The van der Waals surface area contributed by atoms with Crippen molar-refractivity contribution in [3.8, 4) is 0 Å². The topological polar surface area (TPSA) is 49.4 Å². The molecule has 4 nitrogen and oxygen atoms in total. The number of halogens is 1. The van der Waals surface area contributed by atoms with Crippen molar-refractivity contribution in [3.63, 3.8) is 0 Å². The molecule has 0 saturated heterocycles. The van der Waals surface area contributed by atoms with E-state index in [1.807, 2.05) is 30.0 Å². The van der Waals surface area contributed by atoms with Crippen LogP contribution in [0.15, 0.2) is 30.3 Å². The van der Waals surface area contributed by atoms with Crippen molar-refractivity contribution in [3.05, 3.63) is 57.6 Å². The number of carbonyl (C=O) groups excluding carboxylic acids is 2. The van der Waals surface area contributed by atoms with Gasteiger partial charge in [0.15, 0.2) is 0 Å². The van der Waals surface area contributed by atoms with Crippen molar-refractivity contribution in [2.75, 3.05) is 16.8 Å². The van der Waals surface area contributed by atoms with E-state index in [1.165, 1.54) is 0 Å². The van der Waals surface area contributed by atoms with E-state index in [1.54, 1.807) is 12.1 Å². The third-order valence-electron chi connectivity index (χ3n) is 4.71. The largest absolute Gasteiger partial charge is 0.322 e. The number of hydrogen-bond acceptors (Lipinski definition) is 2. The Labute approximate surface area is 145 Å². The minimum absolute atomic E-state index is 0.136. The zero-order valence-corrected chi connectivity index (χ0v) is 14.1. The molecule has 0 spiro atoms. The van der Waals surface area contributed by atoms with Gasteiger partial charge in [-0.25, -0.2) is 0 Å². The standard InChI is InChI=1S/C19H17ClN2O2/c1-11-7-15(20)4-5-16(11)21-19(24)14-8-12-3-2-6-22-17(23)10-13(9-14)18(12)22/h4-5,7-9H,2-3,6,10H2,1H3,(H,21,24). The first-order chi connectivity index (χ1) is 11.5. The van der Waals surface area contributed by atoms with Gasteiger partial charge >= 0.3 is 0 Å². The Morgan fingerprint density at radius 1 is 1.21 bits per heavy atom. The summed E-state index contributed by atoms with van der Waals surface area (Å²) in [5.74, 6) is -0.0204. The quantitative estimate of drug-likeness (QED) is 0.905. The highest BCUT2D eigenvalue weighted by Crippen LogP contribution is 2.37. The molecule has 122 valence electrons. The second-order valence-electron chi connectivity index (χ2n) is 6.38. The Kier molecular flexibility index (Phi) is 3.57. The van der Waals surface area contributed by atoms with E-state index in [-0.39, 0.29) is 11.8 Å². The predicted molar refractivity (Wildman–Crippen MR) is 95.0 cm³/mol. The van der Waals surface area contributed by atoms with E-state index in [4.69, 9.17) is 11.6 Å². The third kappa shape index (κ3) is 2.47. The molecule has 1 N–H and O–H groups in total. The Bertz CT molecular complexity index is 876. The van der Waals surface area contributed by atoms with E-state index in [9.17, 15) is 9.59 Å². The molecular formula is C19H17ClN2O2. The van der Waals surface area contributed by atoms with Crippen LogP contribution in [0.1, 0.15) is 33.5 Å². The van der Waals surface area contributed by atoms with Gasteiger partial charge in [0, 0.05) is 22.8 Å². The van der Waals surface area contributed by atoms with Crippen molar-refractivity contribution in [2.45, 2.75) is 26.2 Å². The summed E-state index contributed by atoms with van der Waals surface area (Å²) in [6.45, 7) is 2.69. The molecule has 0 atom stereocenters. The van der Waals surface area contributed by atoms with Gasteiger partial charge in [-0.05, 0) is 66.8 Å². The molecule has 0 saturated carbocycles. The Hall–Kier alpha value is -2.33. The van der Waals surface area contributed by atoms with Crippen molar-refractivity contribution >= 4 is 34.8 Å². The summed E-state index contributed by atoms with van der Waals surface area (Å²) in [6.07, 6.45) is 2.25. The summed E-state index contributed by atoms with van der Waals surface area (Å²) in [6, 6.07) is 9.15. The maximum Gasteiger partial charge on any atom is 0.255 e. The maximum absolute atomic E-state index is 12.7. The van der Waals surface area contributed by atoms with Crippen LogP contribution in [0.3, 0.4) is 0 Å². The Morgan fingerprint density at radius 2 is 2.00 bits per heavy atom. The number of benzene rings is 2. The lowest BCUT2D eigenvalue weighted by molar-refractivity contribution is -0.117. The van der Waals surface area contributed by atoms with Crippen molar-refractivity contribution in [1.29, 1.82) is 0 Å². The molecule has 0 aliphatic carbocycles. The van der Waals surface area contributed by atoms with Gasteiger partial charge in [0.25, 0.3) is 5.91 Å². The number of hydrogen-bond donors (Lipinski definition) is 1. The van der Waals surface area contributed by atoms with E-state index >= 15 is 0 Å². The molecule has 0 unspecified atom stereocenters. The van der Waals surface area contributed by atoms with E-state index < -0.39 is 0 Å². The number of amides is 2. The third-order valence-corrected chi connectivity index (χ3v) is 4.94. The zero-order valence-electron chi connectivity index (χ0n) is 13.4. The monoisotopic (exact) mass is 340 g/mol. The fraction of sp³-hybridized carbons (Fsp3) is 0.263. The minimum atomic E-state index is -0.157. The van der Waals surface area contributed by atoms with Crippen molar-refractivity contribution in [2.24, 2.45) is 0 Å². The number of carbonyl (C=O) groups is 2. The highest BCUT2D eigenvalue weighted by atomic mass is 35.5. The highest BCUT2D eigenvalue weighted by molar-refractivity contribution is 6.30. The van der Waals surface area contributed by atoms with Crippen LogP contribution >= 0.6 is 11.6 Å². The molecule has 0 aromatic heterocycles. The van der Waals surface area contributed by atoms with Gasteiger partial charge in [-0.15, -0.1) is 0 Å². The molecule has 2 aliphatic rings. The molecule has 2 aromatic carbocycles. The van der Waals surface area contributed by atoms with Gasteiger partial charge in [-0.3, -0.25) is 9.59 Å². The first-order valence-electron chi connectivity index (χ1n) is 8.06. The molecule has 2 amide bonds. The van der Waals surface area contributed by atoms with E-state index in [2.05, 4.69) is 5.32 Å². The molecule has 5 heteroatoms. The highest BCUT2D eigenvalue weighted by Gasteiger charge is 2.32. The van der Waals surface area contributed by atoms with Crippen molar-refractivity contribution < 1.29 is 9.59 Å². The fourth-order valence-electron chi connectivity index (χ4n) is 3.57. The fourth-order valence-corrected chi connectivity index (χ4v) is 3.80. The molecule has 0 radical (unpaired) electrons. The Balaban J connectivity index is 1.67. The van der Waals surface area contributed by atoms with Crippen LogP contribution in [-0.4, -0.2) is 18.4 Å². The van der Waals surface area contributed by atoms with E-state index in [0.29, 0.717) is 17.0 Å². The molecule has 2 aliphatic heterocycles. The van der Waals surface area contributed by atoms with Gasteiger partial charge < -0.3 is 10.2 Å². The summed E-state index contributed by atoms with van der Waals surface area (Å²) in [5.41, 5.74) is 5.37. The van der Waals surface area contributed by atoms with E-state index in [0.717, 1.165) is 47.5 Å². The summed E-state index contributed by atoms with van der Waals surface area (Å²) in [4.78, 5) is 26.6. The van der Waals surface area contributed by atoms with Gasteiger partial charge in [0.05, 0.1) is 12.1 Å². The zero-order chi connectivity index (χ0) is 16.8. The average molecular weight is 341 g/mol. The molecule has 2 heterocycles. The molecule has 0 bridgehead atoms. The smallest absolute Gasteiger partial charge is 0.255 e. The van der Waals surface area contributed by atoms with Gasteiger partial charge in [0.1, 0.15) is 0 Å². The minimum Gasteiger partial charge on any atom is -0.322 e. The average Bonchev–Trinajstić information content (AvgIpc) is 2.88. The van der Waals surface area contributed by atoms with Crippen LogP contribution < -0.4 is 10.2 Å². The second-order valence-corrected chi connectivity index (χ2v) is 6.82. The van der Waals surface area contributed by atoms with Crippen LogP contribution in [0, 0.1) is 6.92 Å². The first-order valence-corrected chi connectivity index (χ1v) is 8.44. The summed E-state index contributed by atoms with van der Waals surface area (Å²) in [5, 5.41) is 3.59. The summed E-state index contributed by atoms with van der Waals surface area (Å²) >= 11 is 5.96. The number of aryl methyl sites for hydroxylation is 2. The lowest BCUT2D eigenvalue weighted by Crippen LogP contribution is -2.31. The van der Waals surface area contributed by atoms with Crippen LogP contribution in [0.2, 0.25) is 5.02 Å². The summed E-state index contributed by atoms with van der Waals surface area (Å²) < 4.78 is 0. The van der Waals surface area contributed by atoms with Crippen molar-refractivity contribution in [1.82, 2.24) is 0 Å². The van der Waals surface area contributed by atoms with Gasteiger partial charge in [-0.1, -0.05) is 11.6 Å². The van der Waals surface area contributed by atoms with Gasteiger partial charge in [0.2, 0.25) is 5.91 Å². The summed E-state index contributed by atoms with van der Waals surface area (Å²) in [7, 11) is 0. The van der Waals surface area contributed by atoms with Gasteiger partial charge in [-0.2, -0.15) is 0 Å². The lowest BCUT2D eigenvalue weighted by Gasteiger charge is -2.25. The molecule has 4 rings (SSSR count). The number of nitrogens with one attached hydrogen (secondary N) is 1. The first kappa shape index (κ1) is 15.2. The maximum atomic E-state index is 12.7. The van der Waals surface area contributed by atoms with Crippen LogP contribution in [-0.2, 0) is 17.6 Å². The number of nitrogens with zero attached hydrogens (tertiary/aromatic N) is 1. The van der Waals surface area contributed by atoms with Crippen LogP contribution in [0.25, 0.3) is 0 Å². The molecular weight excluding hydrogens is 324 g/mol. The molecule has 0 fully saturated rings. The molecule has 24 heavy (non-hydrogen) atoms. The van der Waals surface area contributed by atoms with Crippen LogP contribution in [0.5, 0.6) is 0 Å². The number of anilines is 2. The van der Waals surface area contributed by atoms with Crippen LogP contribution in [0.4, 0.5) is 11.4 Å². The predicted octanol–water partition coefficient (Wildman–Crippen LogP) is 3.74. The lowest BCUT2D eigenvalue weighted by atomic mass is 9.96. The number of rotatable bonds is 2. The molecule has 2 aromatic rings. The normalized spacial score (nSPS) is 15.4. The second kappa shape index (κ2) is 5.64. The SMILES string of the molecule is Cc1cc(Cl)ccc1NC(=O)c1cc2c3c(c1)CC(=O)N3CCC2.